The fraction of sp³-hybridized carbons (Fsp3) is 0.833. The standard InChI is InChI=1S/C4H10N2.C2H4O3/c1-2-6-4-3-5-1;3-1-2(4)5/h5-6H,1-4H2;3H,1H2,(H,4,5). The van der Waals surface area contributed by atoms with E-state index in [0.29, 0.717) is 0 Å². The normalized spacial score (nSPS) is 16.5. The van der Waals surface area contributed by atoms with E-state index in [1.807, 2.05) is 0 Å². The number of aliphatic hydroxyl groups excluding tert-OH is 1. The molecule has 0 aromatic carbocycles. The van der Waals surface area contributed by atoms with Crippen molar-refractivity contribution in [3.8, 4) is 0 Å². The van der Waals surface area contributed by atoms with E-state index >= 15 is 0 Å². The minimum atomic E-state index is -1.19. The van der Waals surface area contributed by atoms with Crippen LogP contribution >= 0.6 is 0 Å². The zero-order valence-electron chi connectivity index (χ0n) is 6.34. The molecule has 0 radical (unpaired) electrons. The average Bonchev–Trinajstić information content (AvgIpc) is 2.09. The highest BCUT2D eigenvalue weighted by Gasteiger charge is 1.91. The molecule has 1 aliphatic heterocycles. The summed E-state index contributed by atoms with van der Waals surface area (Å²) in [5.41, 5.74) is 0. The number of carboxylic acids is 1. The van der Waals surface area contributed by atoms with E-state index in [1.165, 1.54) is 0 Å². The maximum atomic E-state index is 9.12. The Balaban J connectivity index is 0.000000187. The van der Waals surface area contributed by atoms with Crippen LogP contribution in [0.3, 0.4) is 0 Å². The maximum absolute atomic E-state index is 9.12. The summed E-state index contributed by atoms with van der Waals surface area (Å²) in [6.45, 7) is 3.78. The molecule has 1 rings (SSSR count). The van der Waals surface area contributed by atoms with Crippen LogP contribution in [-0.2, 0) is 4.79 Å². The highest BCUT2D eigenvalue weighted by Crippen LogP contribution is 1.65. The molecular weight excluding hydrogens is 148 g/mol. The molecule has 0 aliphatic carbocycles. The van der Waals surface area contributed by atoms with Gasteiger partial charge in [-0.15, -0.1) is 0 Å². The number of carbonyl (C=O) groups is 1. The molecule has 0 saturated carbocycles. The molecular formula is C6H14N2O3. The molecule has 0 unspecified atom stereocenters. The van der Waals surface area contributed by atoms with E-state index in [0.717, 1.165) is 26.2 Å². The van der Waals surface area contributed by atoms with Crippen LogP contribution in [0.4, 0.5) is 0 Å². The van der Waals surface area contributed by atoms with E-state index in [2.05, 4.69) is 10.6 Å². The van der Waals surface area contributed by atoms with Gasteiger partial charge in [-0.3, -0.25) is 0 Å². The minimum Gasteiger partial charge on any atom is -0.480 e. The molecule has 4 N–H and O–H groups in total. The molecule has 5 nitrogen and oxygen atoms in total. The minimum absolute atomic E-state index is 0.778. The number of aliphatic carboxylic acids is 1. The number of nitrogens with one attached hydrogen (secondary N) is 2. The van der Waals surface area contributed by atoms with Gasteiger partial charge in [-0.1, -0.05) is 0 Å². The third kappa shape index (κ3) is 9.35. The van der Waals surface area contributed by atoms with Crippen molar-refractivity contribution in [3.63, 3.8) is 0 Å². The van der Waals surface area contributed by atoms with Gasteiger partial charge in [-0.05, 0) is 0 Å². The fourth-order valence-electron chi connectivity index (χ4n) is 0.604. The van der Waals surface area contributed by atoms with Gasteiger partial charge in [0.1, 0.15) is 6.61 Å². The van der Waals surface area contributed by atoms with Gasteiger partial charge in [0.25, 0.3) is 0 Å². The number of hydrogen-bond acceptors (Lipinski definition) is 4. The number of carboxylic acid groups (broad SMARTS) is 1. The largest absolute Gasteiger partial charge is 0.480 e. The first-order valence-electron chi connectivity index (χ1n) is 3.51. The summed E-state index contributed by atoms with van der Waals surface area (Å²) in [4.78, 5) is 9.12. The van der Waals surface area contributed by atoms with Crippen molar-refractivity contribution >= 4 is 5.97 Å². The van der Waals surface area contributed by atoms with Gasteiger partial charge in [0, 0.05) is 26.2 Å². The summed E-state index contributed by atoms with van der Waals surface area (Å²) in [5, 5.41) is 21.5. The molecule has 0 atom stereocenters. The molecule has 1 heterocycles. The van der Waals surface area contributed by atoms with E-state index in [-0.39, 0.29) is 0 Å². The van der Waals surface area contributed by atoms with Gasteiger partial charge in [-0.25, -0.2) is 4.79 Å². The zero-order valence-corrected chi connectivity index (χ0v) is 6.34. The molecule has 11 heavy (non-hydrogen) atoms. The number of hydrogen-bond donors (Lipinski definition) is 4. The monoisotopic (exact) mass is 162 g/mol. The van der Waals surface area contributed by atoms with E-state index < -0.39 is 12.6 Å². The molecule has 66 valence electrons. The van der Waals surface area contributed by atoms with Crippen LogP contribution in [0.15, 0.2) is 0 Å². The Kier molecular flexibility index (Phi) is 7.02. The summed E-state index contributed by atoms with van der Waals surface area (Å²) in [6.07, 6.45) is 0. The van der Waals surface area contributed by atoms with Crippen molar-refractivity contribution in [2.24, 2.45) is 0 Å². The lowest BCUT2D eigenvalue weighted by molar-refractivity contribution is -0.140. The maximum Gasteiger partial charge on any atom is 0.329 e. The lowest BCUT2D eigenvalue weighted by Gasteiger charge is -2.11. The second-order valence-electron chi connectivity index (χ2n) is 2.05. The van der Waals surface area contributed by atoms with Crippen molar-refractivity contribution < 1.29 is 15.0 Å². The Labute approximate surface area is 65.4 Å². The molecule has 0 bridgehead atoms. The Bertz CT molecular complexity index is 92.5. The van der Waals surface area contributed by atoms with Crippen LogP contribution in [-0.4, -0.2) is 49.0 Å². The van der Waals surface area contributed by atoms with Crippen LogP contribution < -0.4 is 10.6 Å². The third-order valence-electron chi connectivity index (χ3n) is 1.09. The first kappa shape index (κ1) is 10.3. The molecule has 0 aromatic heterocycles. The predicted octanol–water partition coefficient (Wildman–Crippen LogP) is -1.76. The van der Waals surface area contributed by atoms with Gasteiger partial charge >= 0.3 is 5.97 Å². The Hall–Kier alpha value is -0.650. The van der Waals surface area contributed by atoms with E-state index in [1.54, 1.807) is 0 Å². The SMILES string of the molecule is C1CNCCN1.O=C(O)CO. The molecule has 1 aliphatic rings. The van der Waals surface area contributed by atoms with E-state index in [4.69, 9.17) is 15.0 Å². The fourth-order valence-corrected chi connectivity index (χ4v) is 0.604. The summed E-state index contributed by atoms with van der Waals surface area (Å²) in [5.74, 6) is -1.19. The summed E-state index contributed by atoms with van der Waals surface area (Å²) in [7, 11) is 0. The molecule has 0 amide bonds. The van der Waals surface area contributed by atoms with Gasteiger partial charge in [0.15, 0.2) is 0 Å². The van der Waals surface area contributed by atoms with Crippen LogP contribution in [0.2, 0.25) is 0 Å². The predicted molar refractivity (Wildman–Crippen MR) is 40.5 cm³/mol. The second kappa shape index (κ2) is 7.46. The van der Waals surface area contributed by atoms with Crippen molar-refractivity contribution in [3.05, 3.63) is 0 Å². The average molecular weight is 162 g/mol. The summed E-state index contributed by atoms with van der Waals surface area (Å²) in [6, 6.07) is 0. The summed E-state index contributed by atoms with van der Waals surface area (Å²) < 4.78 is 0. The Morgan fingerprint density at radius 1 is 1.18 bits per heavy atom. The number of aliphatic hydroxyl groups is 1. The molecule has 0 spiro atoms. The first-order chi connectivity index (χ1) is 5.27. The first-order valence-corrected chi connectivity index (χ1v) is 3.51. The topological polar surface area (TPSA) is 81.6 Å². The lowest BCUT2D eigenvalue weighted by Crippen LogP contribution is -2.39. The molecule has 5 heteroatoms. The van der Waals surface area contributed by atoms with Crippen molar-refractivity contribution in [1.82, 2.24) is 10.6 Å². The van der Waals surface area contributed by atoms with Crippen LogP contribution in [0, 0.1) is 0 Å². The highest BCUT2D eigenvalue weighted by atomic mass is 16.4. The van der Waals surface area contributed by atoms with Gasteiger partial charge in [0.2, 0.25) is 0 Å². The molecule has 1 saturated heterocycles. The van der Waals surface area contributed by atoms with Crippen molar-refractivity contribution in [1.29, 1.82) is 0 Å². The molecule has 1 fully saturated rings. The molecule has 0 aromatic rings. The van der Waals surface area contributed by atoms with Crippen LogP contribution in [0.1, 0.15) is 0 Å². The second-order valence-corrected chi connectivity index (χ2v) is 2.05. The van der Waals surface area contributed by atoms with Gasteiger partial charge < -0.3 is 20.8 Å². The van der Waals surface area contributed by atoms with Crippen molar-refractivity contribution in [2.45, 2.75) is 0 Å². The van der Waals surface area contributed by atoms with E-state index in [9.17, 15) is 0 Å². The Morgan fingerprint density at radius 3 is 1.55 bits per heavy atom. The number of piperazine rings is 1. The summed E-state index contributed by atoms with van der Waals surface area (Å²) >= 11 is 0. The van der Waals surface area contributed by atoms with Crippen LogP contribution in [0.25, 0.3) is 0 Å². The quantitative estimate of drug-likeness (QED) is 0.367. The highest BCUT2D eigenvalue weighted by molar-refractivity contribution is 5.67. The third-order valence-corrected chi connectivity index (χ3v) is 1.09. The van der Waals surface area contributed by atoms with Gasteiger partial charge in [-0.2, -0.15) is 0 Å². The number of rotatable bonds is 1. The Morgan fingerprint density at radius 2 is 1.45 bits per heavy atom. The van der Waals surface area contributed by atoms with Gasteiger partial charge in [0.05, 0.1) is 0 Å². The smallest absolute Gasteiger partial charge is 0.329 e. The van der Waals surface area contributed by atoms with Crippen LogP contribution in [0.5, 0.6) is 0 Å². The van der Waals surface area contributed by atoms with Crippen molar-refractivity contribution in [2.75, 3.05) is 32.8 Å². The lowest BCUT2D eigenvalue weighted by atomic mass is 10.4. The zero-order chi connectivity index (χ0) is 8.53.